The molecule has 1 rings (SSSR count). The maximum absolute atomic E-state index is 10.7. The van der Waals surface area contributed by atoms with E-state index in [1.807, 2.05) is 0 Å². The minimum Gasteiger partial charge on any atom is -0.467 e. The van der Waals surface area contributed by atoms with E-state index in [9.17, 15) is 4.79 Å². The highest BCUT2D eigenvalue weighted by atomic mass is 16.6. The molecule has 0 unspecified atom stereocenters. The Hall–Kier alpha value is -1.19. The predicted octanol–water partition coefficient (Wildman–Crippen LogP) is 0.295. The number of rotatable bonds is 1. The summed E-state index contributed by atoms with van der Waals surface area (Å²) in [6, 6.07) is 0. The lowest BCUT2D eigenvalue weighted by molar-refractivity contribution is 0.292. The van der Waals surface area contributed by atoms with Crippen molar-refractivity contribution in [1.29, 1.82) is 0 Å². The Bertz CT molecular complexity index is 284. The molecule has 0 aliphatic rings. The van der Waals surface area contributed by atoms with E-state index >= 15 is 0 Å². The smallest absolute Gasteiger partial charge is 0.421 e. The summed E-state index contributed by atoms with van der Waals surface area (Å²) in [7, 11) is 3.09. The summed E-state index contributed by atoms with van der Waals surface area (Å²) in [5.41, 5.74) is 0.701. The fraction of sp³-hybridized carbons (Fsp3) is 0.500. The lowest BCUT2D eigenvalue weighted by Gasteiger charge is -1.92. The zero-order valence-electron chi connectivity index (χ0n) is 6.17. The number of oxazole rings is 1. The van der Waals surface area contributed by atoms with E-state index < -0.39 is 5.76 Å². The van der Waals surface area contributed by atoms with Crippen LogP contribution in [0.25, 0.3) is 0 Å². The Morgan fingerprint density at radius 3 is 2.40 bits per heavy atom. The molecule has 0 amide bonds. The molecule has 1 aromatic rings. The van der Waals surface area contributed by atoms with Crippen LogP contribution in [0, 0.1) is 6.92 Å². The Kier molecular flexibility index (Phi) is 1.53. The maximum Gasteiger partial charge on any atom is 0.421 e. The van der Waals surface area contributed by atoms with Gasteiger partial charge in [-0.25, -0.2) is 4.79 Å². The Morgan fingerprint density at radius 2 is 2.20 bits per heavy atom. The minimum atomic E-state index is -0.394. The average molecular weight is 143 g/mol. The summed E-state index contributed by atoms with van der Waals surface area (Å²) >= 11 is 0. The third kappa shape index (κ3) is 0.814. The molecule has 56 valence electrons. The topological polar surface area (TPSA) is 44.4 Å². The van der Waals surface area contributed by atoms with Crippen LogP contribution in [0.15, 0.2) is 9.21 Å². The molecule has 0 spiro atoms. The van der Waals surface area contributed by atoms with Crippen molar-refractivity contribution in [2.75, 3.05) is 7.11 Å². The average Bonchev–Trinajstić information content (AvgIpc) is 2.17. The zero-order valence-corrected chi connectivity index (χ0v) is 6.17. The first-order valence-corrected chi connectivity index (χ1v) is 2.87. The monoisotopic (exact) mass is 143 g/mol. The molecule has 0 saturated carbocycles. The van der Waals surface area contributed by atoms with Crippen molar-refractivity contribution >= 4 is 0 Å². The predicted molar refractivity (Wildman–Crippen MR) is 35.2 cm³/mol. The highest BCUT2D eigenvalue weighted by Crippen LogP contribution is 2.12. The molecule has 4 nitrogen and oxygen atoms in total. The molecule has 0 aliphatic heterocycles. The van der Waals surface area contributed by atoms with Gasteiger partial charge in [0.1, 0.15) is 5.69 Å². The molecule has 0 bridgehead atoms. The fourth-order valence-electron chi connectivity index (χ4n) is 0.685. The molecule has 0 fully saturated rings. The van der Waals surface area contributed by atoms with Crippen LogP contribution in [0.5, 0.6) is 5.95 Å². The van der Waals surface area contributed by atoms with Crippen LogP contribution in [0.3, 0.4) is 0 Å². The Labute approximate surface area is 58.0 Å². The van der Waals surface area contributed by atoms with Gasteiger partial charge in [-0.1, -0.05) is 0 Å². The number of hydrogen-bond donors (Lipinski definition) is 0. The van der Waals surface area contributed by atoms with Gasteiger partial charge in [0.15, 0.2) is 0 Å². The zero-order chi connectivity index (χ0) is 7.72. The molecule has 0 aliphatic carbocycles. The van der Waals surface area contributed by atoms with Gasteiger partial charge >= 0.3 is 11.7 Å². The number of hydrogen-bond acceptors (Lipinski definition) is 3. The van der Waals surface area contributed by atoms with Crippen LogP contribution in [-0.4, -0.2) is 11.7 Å². The van der Waals surface area contributed by atoms with Gasteiger partial charge < -0.3 is 9.15 Å². The van der Waals surface area contributed by atoms with E-state index in [4.69, 9.17) is 4.74 Å². The lowest BCUT2D eigenvalue weighted by Crippen LogP contribution is -2.09. The minimum absolute atomic E-state index is 0.285. The van der Waals surface area contributed by atoms with Crippen LogP contribution >= 0.6 is 0 Å². The molecular weight excluding hydrogens is 134 g/mol. The van der Waals surface area contributed by atoms with Crippen LogP contribution in [0.2, 0.25) is 0 Å². The van der Waals surface area contributed by atoms with Crippen LogP contribution in [-0.2, 0) is 7.05 Å². The molecule has 1 heterocycles. The molecule has 0 saturated heterocycles. The molecule has 4 heteroatoms. The first-order chi connectivity index (χ1) is 4.66. The number of ether oxygens (including phenoxy) is 1. The van der Waals surface area contributed by atoms with E-state index in [1.165, 1.54) is 11.7 Å². The normalized spacial score (nSPS) is 9.90. The standard InChI is InChI=1S/C6H9NO3/c1-4-5(9-3)10-6(8)7(4)2/h1-3H3. The molecule has 0 radical (unpaired) electrons. The van der Waals surface area contributed by atoms with E-state index in [2.05, 4.69) is 4.42 Å². The fourth-order valence-corrected chi connectivity index (χ4v) is 0.685. The van der Waals surface area contributed by atoms with E-state index in [0.717, 1.165) is 0 Å². The van der Waals surface area contributed by atoms with Gasteiger partial charge in [-0.3, -0.25) is 4.57 Å². The van der Waals surface area contributed by atoms with Crippen molar-refractivity contribution in [2.24, 2.45) is 7.05 Å². The van der Waals surface area contributed by atoms with E-state index in [1.54, 1.807) is 14.0 Å². The summed E-state index contributed by atoms with van der Waals surface area (Å²) in [5, 5.41) is 0. The van der Waals surface area contributed by atoms with Crippen molar-refractivity contribution in [1.82, 2.24) is 4.57 Å². The van der Waals surface area contributed by atoms with Crippen molar-refractivity contribution in [3.8, 4) is 5.95 Å². The second-order valence-corrected chi connectivity index (χ2v) is 2.00. The van der Waals surface area contributed by atoms with Crippen LogP contribution in [0.1, 0.15) is 5.69 Å². The van der Waals surface area contributed by atoms with Gasteiger partial charge in [-0.05, 0) is 6.92 Å². The van der Waals surface area contributed by atoms with Crippen molar-refractivity contribution in [3.63, 3.8) is 0 Å². The molecule has 0 atom stereocenters. The highest BCUT2D eigenvalue weighted by molar-refractivity contribution is 5.12. The van der Waals surface area contributed by atoms with Gasteiger partial charge in [0.25, 0.3) is 0 Å². The Morgan fingerprint density at radius 1 is 1.60 bits per heavy atom. The summed E-state index contributed by atoms with van der Waals surface area (Å²) in [6.07, 6.45) is 0. The van der Waals surface area contributed by atoms with Gasteiger partial charge in [0, 0.05) is 7.05 Å². The van der Waals surface area contributed by atoms with Gasteiger partial charge in [-0.15, -0.1) is 0 Å². The maximum atomic E-state index is 10.7. The summed E-state index contributed by atoms with van der Waals surface area (Å²) in [4.78, 5) is 10.7. The summed E-state index contributed by atoms with van der Waals surface area (Å²) in [6.45, 7) is 1.75. The van der Waals surface area contributed by atoms with Gasteiger partial charge in [0.2, 0.25) is 0 Å². The van der Waals surface area contributed by atoms with Crippen molar-refractivity contribution < 1.29 is 9.15 Å². The highest BCUT2D eigenvalue weighted by Gasteiger charge is 2.08. The van der Waals surface area contributed by atoms with Gasteiger partial charge in [-0.2, -0.15) is 0 Å². The van der Waals surface area contributed by atoms with Crippen molar-refractivity contribution in [2.45, 2.75) is 6.92 Å². The summed E-state index contributed by atoms with van der Waals surface area (Å²) < 4.78 is 10.8. The van der Waals surface area contributed by atoms with Gasteiger partial charge in [0.05, 0.1) is 7.11 Å². The molecular formula is C6H9NO3. The SMILES string of the molecule is COc1oc(=O)n(C)c1C. The Balaban J connectivity index is 3.31. The first kappa shape index (κ1) is 6.92. The number of aromatic nitrogens is 1. The summed E-state index contributed by atoms with van der Waals surface area (Å²) in [5.74, 6) is -0.109. The van der Waals surface area contributed by atoms with E-state index in [-0.39, 0.29) is 5.95 Å². The second kappa shape index (κ2) is 2.21. The third-order valence-corrected chi connectivity index (χ3v) is 1.44. The first-order valence-electron chi connectivity index (χ1n) is 2.87. The molecule has 1 aromatic heterocycles. The lowest BCUT2D eigenvalue weighted by atomic mass is 10.5. The number of nitrogens with zero attached hydrogens (tertiary/aromatic N) is 1. The number of methoxy groups -OCH3 is 1. The quantitative estimate of drug-likeness (QED) is 0.567. The van der Waals surface area contributed by atoms with E-state index in [0.29, 0.717) is 5.69 Å². The molecule has 0 N–H and O–H groups in total. The van der Waals surface area contributed by atoms with Crippen molar-refractivity contribution in [3.05, 3.63) is 16.2 Å². The molecule has 10 heavy (non-hydrogen) atoms. The largest absolute Gasteiger partial charge is 0.467 e. The second-order valence-electron chi connectivity index (χ2n) is 2.00. The van der Waals surface area contributed by atoms with Crippen LogP contribution < -0.4 is 10.5 Å². The van der Waals surface area contributed by atoms with Crippen LogP contribution in [0.4, 0.5) is 0 Å². The third-order valence-electron chi connectivity index (χ3n) is 1.44. The molecule has 0 aromatic carbocycles.